The molecule has 0 saturated carbocycles. The van der Waals surface area contributed by atoms with Gasteiger partial charge in [-0.3, -0.25) is 5.32 Å². The Kier molecular flexibility index (Phi) is 7.27. The van der Waals surface area contributed by atoms with Crippen molar-refractivity contribution in [2.24, 2.45) is 5.92 Å². The molecule has 1 saturated heterocycles. The highest BCUT2D eigenvalue weighted by molar-refractivity contribution is 9.10. The summed E-state index contributed by atoms with van der Waals surface area (Å²) in [6.45, 7) is 2.53. The second-order valence-corrected chi connectivity index (χ2v) is 8.84. The first-order valence-electron chi connectivity index (χ1n) is 10.8. The fraction of sp³-hybridized carbons (Fsp3) is 0.409. The van der Waals surface area contributed by atoms with E-state index in [0.717, 1.165) is 38.5 Å². The summed E-state index contributed by atoms with van der Waals surface area (Å²) in [5.41, 5.74) is 0.0371. The van der Waals surface area contributed by atoms with E-state index in [4.69, 9.17) is 0 Å². The summed E-state index contributed by atoms with van der Waals surface area (Å²) in [5, 5.41) is 9.48. The summed E-state index contributed by atoms with van der Waals surface area (Å²) in [4.78, 5) is 22.7. The summed E-state index contributed by atoms with van der Waals surface area (Å²) in [5.74, 6) is 0.665. The SMILES string of the molecule is COC(=O)Nc1ccc2c(-c3nc(NCC[C@H]4CCCNC4)ncc3C(F)(F)F)c[nH]c2c1Br. The van der Waals surface area contributed by atoms with Crippen molar-refractivity contribution in [3.63, 3.8) is 0 Å². The van der Waals surface area contributed by atoms with E-state index in [2.05, 4.69) is 51.6 Å². The number of carbonyl (C=O) groups is 1. The van der Waals surface area contributed by atoms with Gasteiger partial charge in [-0.25, -0.2) is 14.8 Å². The van der Waals surface area contributed by atoms with Gasteiger partial charge in [0.15, 0.2) is 0 Å². The van der Waals surface area contributed by atoms with E-state index < -0.39 is 17.8 Å². The lowest BCUT2D eigenvalue weighted by Gasteiger charge is -2.22. The minimum Gasteiger partial charge on any atom is -0.453 e. The van der Waals surface area contributed by atoms with Crippen LogP contribution >= 0.6 is 15.9 Å². The number of carbonyl (C=O) groups excluding carboxylic acids is 1. The van der Waals surface area contributed by atoms with Gasteiger partial charge >= 0.3 is 12.3 Å². The molecule has 12 heteroatoms. The fourth-order valence-electron chi connectivity index (χ4n) is 4.06. The molecule has 0 unspecified atom stereocenters. The van der Waals surface area contributed by atoms with E-state index in [-0.39, 0.29) is 17.2 Å². The lowest BCUT2D eigenvalue weighted by atomic mass is 9.96. The zero-order valence-corrected chi connectivity index (χ0v) is 19.9. The molecule has 182 valence electrons. The van der Waals surface area contributed by atoms with Crippen LogP contribution in [0.2, 0.25) is 0 Å². The van der Waals surface area contributed by atoms with Crippen LogP contribution in [0.3, 0.4) is 0 Å². The summed E-state index contributed by atoms with van der Waals surface area (Å²) >= 11 is 3.40. The Bertz CT molecular complexity index is 1180. The number of aromatic amines is 1. The Hall–Kier alpha value is -2.86. The monoisotopic (exact) mass is 540 g/mol. The Morgan fingerprint density at radius 2 is 2.18 bits per heavy atom. The molecule has 2 aromatic heterocycles. The standard InChI is InChI=1S/C22H24BrF3N6O2/c1-34-21(33)31-16-5-4-13-14(10-29-19(13)17(16)23)18-15(22(24,25)26)11-30-20(32-18)28-8-6-12-3-2-7-27-9-12/h4-5,10-12,27,29H,2-3,6-9H2,1H3,(H,31,33)(H,28,30,32)/t12-/m1/s1. The second-order valence-electron chi connectivity index (χ2n) is 8.05. The molecule has 1 aliphatic heterocycles. The van der Waals surface area contributed by atoms with E-state index in [9.17, 15) is 18.0 Å². The van der Waals surface area contributed by atoms with Crippen LogP contribution < -0.4 is 16.0 Å². The number of nitrogens with zero attached hydrogens (tertiary/aromatic N) is 2. The van der Waals surface area contributed by atoms with Crippen molar-refractivity contribution in [1.82, 2.24) is 20.3 Å². The van der Waals surface area contributed by atoms with Gasteiger partial charge in [-0.2, -0.15) is 13.2 Å². The normalized spacial score (nSPS) is 16.4. The van der Waals surface area contributed by atoms with Gasteiger partial charge in [0.25, 0.3) is 0 Å². The van der Waals surface area contributed by atoms with Crippen LogP contribution in [0.25, 0.3) is 22.2 Å². The van der Waals surface area contributed by atoms with E-state index in [1.54, 1.807) is 12.1 Å². The molecule has 0 bridgehead atoms. The number of fused-ring (bicyclic) bond motifs is 1. The fourth-order valence-corrected chi connectivity index (χ4v) is 4.61. The number of amides is 1. The summed E-state index contributed by atoms with van der Waals surface area (Å²) in [6, 6.07) is 3.19. The largest absolute Gasteiger partial charge is 0.453 e. The number of aromatic nitrogens is 3. The molecule has 3 aromatic rings. The zero-order valence-electron chi connectivity index (χ0n) is 18.4. The predicted octanol–water partition coefficient (Wildman–Crippen LogP) is 5.39. The number of hydrogen-bond acceptors (Lipinski definition) is 6. The van der Waals surface area contributed by atoms with E-state index in [0.29, 0.717) is 33.5 Å². The van der Waals surface area contributed by atoms with Crippen LogP contribution in [0, 0.1) is 5.92 Å². The van der Waals surface area contributed by atoms with Crippen LogP contribution in [0.4, 0.5) is 29.6 Å². The summed E-state index contributed by atoms with van der Waals surface area (Å²) < 4.78 is 46.5. The number of benzene rings is 1. The predicted molar refractivity (Wildman–Crippen MR) is 127 cm³/mol. The number of rotatable bonds is 6. The maximum absolute atomic E-state index is 13.8. The number of anilines is 2. The third-order valence-corrected chi connectivity index (χ3v) is 6.62. The Balaban J connectivity index is 1.65. The Morgan fingerprint density at radius 1 is 1.35 bits per heavy atom. The second kappa shape index (κ2) is 10.2. The number of nitrogens with one attached hydrogen (secondary N) is 4. The first-order chi connectivity index (χ1) is 16.3. The number of piperidine rings is 1. The molecule has 1 aromatic carbocycles. The number of H-pyrrole nitrogens is 1. The molecule has 1 aliphatic rings. The molecule has 0 aliphatic carbocycles. The van der Waals surface area contributed by atoms with E-state index in [1.165, 1.54) is 13.3 Å². The third-order valence-electron chi connectivity index (χ3n) is 5.80. The van der Waals surface area contributed by atoms with Gasteiger partial charge in [-0.1, -0.05) is 6.07 Å². The van der Waals surface area contributed by atoms with Crippen LogP contribution in [-0.4, -0.2) is 47.8 Å². The molecular formula is C22H24BrF3N6O2. The van der Waals surface area contributed by atoms with Gasteiger partial charge in [0, 0.05) is 29.9 Å². The van der Waals surface area contributed by atoms with Crippen molar-refractivity contribution in [2.45, 2.75) is 25.4 Å². The molecule has 34 heavy (non-hydrogen) atoms. The van der Waals surface area contributed by atoms with Crippen LogP contribution in [0.5, 0.6) is 0 Å². The molecule has 1 fully saturated rings. The van der Waals surface area contributed by atoms with Gasteiger partial charge in [0.2, 0.25) is 5.95 Å². The minimum absolute atomic E-state index is 0.143. The molecule has 4 rings (SSSR count). The van der Waals surface area contributed by atoms with E-state index in [1.807, 2.05) is 0 Å². The smallest absolute Gasteiger partial charge is 0.419 e. The zero-order chi connectivity index (χ0) is 24.3. The topological polar surface area (TPSA) is 104 Å². The average molecular weight is 541 g/mol. The summed E-state index contributed by atoms with van der Waals surface area (Å²) in [7, 11) is 1.24. The van der Waals surface area contributed by atoms with Crippen LogP contribution in [-0.2, 0) is 10.9 Å². The maximum atomic E-state index is 13.8. The highest BCUT2D eigenvalue weighted by Gasteiger charge is 2.36. The van der Waals surface area contributed by atoms with Crippen LogP contribution in [0.1, 0.15) is 24.8 Å². The molecule has 1 atom stereocenters. The molecule has 1 amide bonds. The minimum atomic E-state index is -4.63. The molecular weight excluding hydrogens is 517 g/mol. The lowest BCUT2D eigenvalue weighted by Crippen LogP contribution is -2.30. The van der Waals surface area contributed by atoms with Crippen molar-refractivity contribution in [1.29, 1.82) is 0 Å². The molecule has 8 nitrogen and oxygen atoms in total. The number of halogens is 4. The van der Waals surface area contributed by atoms with Crippen molar-refractivity contribution in [2.75, 3.05) is 37.4 Å². The quantitative estimate of drug-likeness (QED) is 0.334. The Morgan fingerprint density at radius 3 is 2.88 bits per heavy atom. The van der Waals surface area contributed by atoms with Gasteiger partial charge < -0.3 is 20.4 Å². The van der Waals surface area contributed by atoms with E-state index >= 15 is 0 Å². The van der Waals surface area contributed by atoms with Crippen molar-refractivity contribution < 1.29 is 22.7 Å². The average Bonchev–Trinajstić information content (AvgIpc) is 3.25. The van der Waals surface area contributed by atoms with Gasteiger partial charge in [0.05, 0.1) is 28.5 Å². The maximum Gasteiger partial charge on any atom is 0.419 e. The van der Waals surface area contributed by atoms with Gasteiger partial charge in [0.1, 0.15) is 5.56 Å². The van der Waals surface area contributed by atoms with Crippen molar-refractivity contribution in [3.8, 4) is 11.3 Å². The number of ether oxygens (including phenoxy) is 1. The number of alkyl halides is 3. The van der Waals surface area contributed by atoms with Gasteiger partial charge in [-0.15, -0.1) is 0 Å². The number of hydrogen-bond donors (Lipinski definition) is 4. The lowest BCUT2D eigenvalue weighted by molar-refractivity contribution is -0.137. The molecule has 0 radical (unpaired) electrons. The first kappa shape index (κ1) is 24.3. The van der Waals surface area contributed by atoms with Crippen molar-refractivity contribution >= 4 is 44.6 Å². The molecule has 0 spiro atoms. The highest BCUT2D eigenvalue weighted by atomic mass is 79.9. The first-order valence-corrected chi connectivity index (χ1v) is 11.6. The highest BCUT2D eigenvalue weighted by Crippen LogP contribution is 2.41. The Labute approximate surface area is 202 Å². The summed E-state index contributed by atoms with van der Waals surface area (Å²) in [6.07, 6.45) is 0.114. The molecule has 3 heterocycles. The molecule has 4 N–H and O–H groups in total. The van der Waals surface area contributed by atoms with Crippen LogP contribution in [0.15, 0.2) is 29.0 Å². The third kappa shape index (κ3) is 5.27. The number of methoxy groups -OCH3 is 1. The van der Waals surface area contributed by atoms with Gasteiger partial charge in [-0.05, 0) is 60.3 Å². The van der Waals surface area contributed by atoms with Crippen molar-refractivity contribution in [3.05, 3.63) is 34.6 Å².